The van der Waals surface area contributed by atoms with Crippen molar-refractivity contribution in [3.05, 3.63) is 4.91 Å². The Balaban J connectivity index is 0. The third-order valence-electron chi connectivity index (χ3n) is 0. The van der Waals surface area contributed by atoms with Crippen molar-refractivity contribution in [1.29, 1.82) is 0 Å². The molecule has 0 unspecified atom stereocenters. The summed E-state index contributed by atoms with van der Waals surface area (Å²) in [5, 5.41) is 7.42. The average molecular weight is 282 g/mol. The summed E-state index contributed by atoms with van der Waals surface area (Å²) in [5.74, 6) is -0.833. The van der Waals surface area contributed by atoms with Crippen LogP contribution >= 0.6 is 0 Å². The molecule has 0 aliphatic rings. The Kier molecular flexibility index (Phi) is 13.0. The van der Waals surface area contributed by atoms with E-state index in [1.54, 1.807) is 0 Å². The molecular formula is C2H4IrNO3. The van der Waals surface area contributed by atoms with Crippen molar-refractivity contribution in [2.24, 2.45) is 3.85 Å². The third kappa shape index (κ3) is 1000. The topological polar surface area (TPSA) is 66.7 Å². The van der Waals surface area contributed by atoms with Crippen LogP contribution in [0.5, 0.6) is 0 Å². The van der Waals surface area contributed by atoms with Crippen molar-refractivity contribution in [3.8, 4) is 0 Å². The van der Waals surface area contributed by atoms with Gasteiger partial charge in [0.25, 0.3) is 5.97 Å². The SMILES string of the molecule is CC(=O)O.O=[N][Ir]. The first-order chi connectivity index (χ1) is 3.15. The summed E-state index contributed by atoms with van der Waals surface area (Å²) in [6.45, 7) is 1.08. The van der Waals surface area contributed by atoms with Crippen molar-refractivity contribution in [2.45, 2.75) is 6.92 Å². The van der Waals surface area contributed by atoms with E-state index >= 15 is 0 Å². The number of carboxylic acids is 1. The van der Waals surface area contributed by atoms with Gasteiger partial charge >= 0.3 is 27.9 Å². The molecule has 44 valence electrons. The van der Waals surface area contributed by atoms with Crippen LogP contribution in [-0.4, -0.2) is 11.1 Å². The van der Waals surface area contributed by atoms with Crippen molar-refractivity contribution >= 4 is 5.97 Å². The molecule has 0 aromatic heterocycles. The zero-order chi connectivity index (χ0) is 6.28. The van der Waals surface area contributed by atoms with E-state index in [4.69, 9.17) is 14.8 Å². The number of hydrogen-bond acceptors (Lipinski definition) is 3. The van der Waals surface area contributed by atoms with Crippen LogP contribution in [0.3, 0.4) is 0 Å². The molecule has 0 aromatic carbocycles. The normalized spacial score (nSPS) is 5.57. The predicted molar refractivity (Wildman–Crippen MR) is 19.1 cm³/mol. The fourth-order valence-corrected chi connectivity index (χ4v) is 0. The summed E-state index contributed by atoms with van der Waals surface area (Å²) in [6, 6.07) is 0. The van der Waals surface area contributed by atoms with Crippen LogP contribution in [0.1, 0.15) is 6.92 Å². The molecule has 0 saturated carbocycles. The zero-order valence-corrected chi connectivity index (χ0v) is 5.94. The van der Waals surface area contributed by atoms with E-state index in [0.29, 0.717) is 0 Å². The summed E-state index contributed by atoms with van der Waals surface area (Å²) >= 11 is 1.19. The van der Waals surface area contributed by atoms with Crippen molar-refractivity contribution in [3.63, 3.8) is 0 Å². The second-order valence-electron chi connectivity index (χ2n) is 0.580. The monoisotopic (exact) mass is 283 g/mol. The van der Waals surface area contributed by atoms with Crippen LogP contribution in [0.4, 0.5) is 0 Å². The first kappa shape index (κ1) is 9.87. The molecule has 0 aliphatic heterocycles. The van der Waals surface area contributed by atoms with Gasteiger partial charge in [-0.1, -0.05) is 0 Å². The Morgan fingerprint density at radius 1 is 1.86 bits per heavy atom. The first-order valence-corrected chi connectivity index (χ1v) is 2.33. The van der Waals surface area contributed by atoms with Gasteiger partial charge in [-0.2, -0.15) is 0 Å². The van der Waals surface area contributed by atoms with E-state index < -0.39 is 5.97 Å². The number of carbonyl (C=O) groups is 1. The maximum atomic E-state index is 9.00. The molecule has 0 radical (unpaired) electrons. The molecule has 0 aliphatic carbocycles. The van der Waals surface area contributed by atoms with Gasteiger partial charge in [0, 0.05) is 6.92 Å². The minimum atomic E-state index is -0.833. The number of rotatable bonds is 0. The standard InChI is InChI=1S/C2H4O2.Ir.NO/c1-2(3)4;;1-2/h1H3,(H,3,4);;/q;+1;-1. The Morgan fingerprint density at radius 3 is 1.86 bits per heavy atom. The quantitative estimate of drug-likeness (QED) is 0.650. The number of nitroso groups, excluding NO2 is 1. The summed E-state index contributed by atoms with van der Waals surface area (Å²) in [5.41, 5.74) is 0. The molecule has 0 atom stereocenters. The molecule has 0 rings (SSSR count). The van der Waals surface area contributed by atoms with Gasteiger partial charge in [-0.25, -0.2) is 0 Å². The average Bonchev–Trinajstić information content (AvgIpc) is 1.33. The zero-order valence-electron chi connectivity index (χ0n) is 3.54. The predicted octanol–water partition coefficient (Wildman–Crippen LogP) is 0.305. The molecule has 0 amide bonds. The molecule has 0 spiro atoms. The number of nitrogens with zero attached hydrogens (tertiary/aromatic N) is 1. The van der Waals surface area contributed by atoms with Gasteiger partial charge in [-0.3, -0.25) is 4.79 Å². The Labute approximate surface area is 51.3 Å². The number of carboxylic acid groups (broad SMARTS) is 1. The number of hydrogen-bond donors (Lipinski definition) is 1. The van der Waals surface area contributed by atoms with Crippen molar-refractivity contribution in [1.82, 2.24) is 0 Å². The number of aliphatic carboxylic acids is 1. The molecule has 4 nitrogen and oxygen atoms in total. The van der Waals surface area contributed by atoms with Gasteiger partial charge in [-0.05, 0) is 0 Å². The Bertz CT molecular complexity index is 60.0. The molecule has 0 aromatic rings. The fraction of sp³-hybridized carbons (Fsp3) is 0.500. The summed E-state index contributed by atoms with van der Waals surface area (Å²) in [4.78, 5) is 17.6. The van der Waals surface area contributed by atoms with E-state index in [-0.39, 0.29) is 0 Å². The van der Waals surface area contributed by atoms with Crippen LogP contribution in [0.2, 0.25) is 0 Å². The second-order valence-corrected chi connectivity index (χ2v) is 1.02. The van der Waals surface area contributed by atoms with Crippen molar-refractivity contribution < 1.29 is 29.0 Å². The molecule has 1 N–H and O–H groups in total. The molecule has 0 heterocycles. The van der Waals surface area contributed by atoms with E-state index in [1.807, 2.05) is 0 Å². The van der Waals surface area contributed by atoms with Crippen molar-refractivity contribution in [2.75, 3.05) is 0 Å². The van der Waals surface area contributed by atoms with Gasteiger partial charge < -0.3 is 5.11 Å². The Morgan fingerprint density at radius 2 is 1.86 bits per heavy atom. The van der Waals surface area contributed by atoms with Gasteiger partial charge in [0.05, 0.1) is 0 Å². The summed E-state index contributed by atoms with van der Waals surface area (Å²) < 4.78 is 2.25. The summed E-state index contributed by atoms with van der Waals surface area (Å²) in [6.07, 6.45) is 0. The molecule has 5 heteroatoms. The fourth-order valence-electron chi connectivity index (χ4n) is 0. The van der Waals surface area contributed by atoms with Gasteiger partial charge in [0.15, 0.2) is 0 Å². The van der Waals surface area contributed by atoms with Crippen LogP contribution in [-0.2, 0) is 23.9 Å². The van der Waals surface area contributed by atoms with Crippen LogP contribution in [0.15, 0.2) is 3.85 Å². The van der Waals surface area contributed by atoms with Gasteiger partial charge in [-0.15, -0.1) is 0 Å². The van der Waals surface area contributed by atoms with E-state index in [0.717, 1.165) is 6.92 Å². The van der Waals surface area contributed by atoms with Gasteiger partial charge in [0.1, 0.15) is 0 Å². The Hall–Kier alpha value is -0.281. The molecule has 0 saturated heterocycles. The molecule has 0 bridgehead atoms. The van der Waals surface area contributed by atoms with Crippen LogP contribution in [0, 0.1) is 4.91 Å². The molecule has 0 fully saturated rings. The molecule has 7 heavy (non-hydrogen) atoms. The first-order valence-electron chi connectivity index (χ1n) is 1.26. The van der Waals surface area contributed by atoms with Crippen LogP contribution in [0.25, 0.3) is 0 Å². The summed E-state index contributed by atoms with van der Waals surface area (Å²) in [7, 11) is 0. The third-order valence-corrected chi connectivity index (χ3v) is 0. The van der Waals surface area contributed by atoms with E-state index in [2.05, 4.69) is 3.85 Å². The maximum absolute atomic E-state index is 9.00. The molecular weight excluding hydrogens is 278 g/mol. The second kappa shape index (κ2) is 9.21. The minimum absolute atomic E-state index is 0.833. The van der Waals surface area contributed by atoms with Crippen LogP contribution < -0.4 is 0 Å². The van der Waals surface area contributed by atoms with E-state index in [9.17, 15) is 0 Å². The van der Waals surface area contributed by atoms with Gasteiger partial charge in [0.2, 0.25) is 0 Å². The van der Waals surface area contributed by atoms with E-state index in [1.165, 1.54) is 19.1 Å².